The molecule has 0 bridgehead atoms. The second-order valence-corrected chi connectivity index (χ2v) is 9.05. The molecule has 156 valence electrons. The standard InChI is InChI=1S/C20H23ClN2O5S/c1-27-18-8-5-14(11-19(18)28-2)13-22-20(24)16-7-6-15(12-17(16)21)23-9-3-4-10-29(23,25)26/h5-8,11-12H,3-4,9-10,13H2,1-2H3,(H,22,24). The molecule has 0 aromatic heterocycles. The van der Waals surface area contributed by atoms with Crippen LogP contribution in [0, 0.1) is 0 Å². The van der Waals surface area contributed by atoms with Gasteiger partial charge in [0.2, 0.25) is 10.0 Å². The summed E-state index contributed by atoms with van der Waals surface area (Å²) in [6, 6.07) is 10.1. The average Bonchev–Trinajstić information content (AvgIpc) is 2.71. The lowest BCUT2D eigenvalue weighted by molar-refractivity contribution is 0.0951. The molecule has 2 aromatic carbocycles. The first kappa shape index (κ1) is 21.3. The Morgan fingerprint density at radius 3 is 2.52 bits per heavy atom. The number of nitrogens with zero attached hydrogens (tertiary/aromatic N) is 1. The third-order valence-corrected chi connectivity index (χ3v) is 6.92. The van der Waals surface area contributed by atoms with Gasteiger partial charge in [-0.25, -0.2) is 8.42 Å². The molecule has 3 rings (SSSR count). The van der Waals surface area contributed by atoms with E-state index in [1.807, 2.05) is 6.07 Å². The van der Waals surface area contributed by atoms with Crippen LogP contribution in [0.3, 0.4) is 0 Å². The highest BCUT2D eigenvalue weighted by Crippen LogP contribution is 2.29. The number of nitrogens with one attached hydrogen (secondary N) is 1. The van der Waals surface area contributed by atoms with Crippen molar-refractivity contribution >= 4 is 33.2 Å². The predicted molar refractivity (Wildman–Crippen MR) is 113 cm³/mol. The molecule has 0 aliphatic carbocycles. The van der Waals surface area contributed by atoms with E-state index < -0.39 is 10.0 Å². The Balaban J connectivity index is 1.72. The molecule has 1 aliphatic rings. The quantitative estimate of drug-likeness (QED) is 0.748. The second-order valence-electron chi connectivity index (χ2n) is 6.63. The fourth-order valence-electron chi connectivity index (χ4n) is 3.19. The molecule has 1 fully saturated rings. The van der Waals surface area contributed by atoms with Gasteiger partial charge in [0.1, 0.15) is 0 Å². The maximum atomic E-state index is 12.5. The minimum atomic E-state index is -3.33. The number of sulfonamides is 1. The number of hydrogen-bond acceptors (Lipinski definition) is 5. The van der Waals surface area contributed by atoms with Crippen LogP contribution < -0.4 is 19.1 Å². The number of anilines is 1. The summed E-state index contributed by atoms with van der Waals surface area (Å²) in [6.45, 7) is 0.696. The molecule has 7 nitrogen and oxygen atoms in total. The minimum Gasteiger partial charge on any atom is -0.493 e. The van der Waals surface area contributed by atoms with E-state index in [9.17, 15) is 13.2 Å². The van der Waals surface area contributed by atoms with E-state index in [1.165, 1.54) is 10.4 Å². The van der Waals surface area contributed by atoms with E-state index in [-0.39, 0.29) is 28.8 Å². The monoisotopic (exact) mass is 438 g/mol. The van der Waals surface area contributed by atoms with Crippen LogP contribution in [0.4, 0.5) is 5.69 Å². The molecule has 1 amide bonds. The molecule has 1 saturated heterocycles. The highest BCUT2D eigenvalue weighted by Gasteiger charge is 2.26. The SMILES string of the molecule is COc1ccc(CNC(=O)c2ccc(N3CCCCS3(=O)=O)cc2Cl)cc1OC. The lowest BCUT2D eigenvalue weighted by Gasteiger charge is -2.28. The first-order chi connectivity index (χ1) is 13.9. The summed E-state index contributed by atoms with van der Waals surface area (Å²) in [7, 11) is -0.232. The number of hydrogen-bond donors (Lipinski definition) is 1. The smallest absolute Gasteiger partial charge is 0.253 e. The number of ether oxygens (including phenoxy) is 2. The molecule has 0 saturated carbocycles. The van der Waals surface area contributed by atoms with Gasteiger partial charge in [0.15, 0.2) is 11.5 Å². The number of carbonyl (C=O) groups excluding carboxylic acids is 1. The van der Waals surface area contributed by atoms with Gasteiger partial charge >= 0.3 is 0 Å². The molecule has 0 radical (unpaired) electrons. The van der Waals surface area contributed by atoms with Crippen LogP contribution in [0.5, 0.6) is 11.5 Å². The molecule has 1 aliphatic heterocycles. The molecule has 1 heterocycles. The molecule has 0 unspecified atom stereocenters. The highest BCUT2D eigenvalue weighted by atomic mass is 35.5. The lowest BCUT2D eigenvalue weighted by Crippen LogP contribution is -2.37. The van der Waals surface area contributed by atoms with Gasteiger partial charge in [0, 0.05) is 13.1 Å². The summed E-state index contributed by atoms with van der Waals surface area (Å²) in [6.07, 6.45) is 1.45. The Labute approximate surface area is 175 Å². The molecule has 1 N–H and O–H groups in total. The molecular formula is C20H23ClN2O5S. The first-order valence-electron chi connectivity index (χ1n) is 9.15. The zero-order chi connectivity index (χ0) is 21.0. The van der Waals surface area contributed by atoms with Crippen LogP contribution in [0.15, 0.2) is 36.4 Å². The maximum absolute atomic E-state index is 12.5. The summed E-state index contributed by atoms with van der Waals surface area (Å²) in [5.41, 5.74) is 1.60. The minimum absolute atomic E-state index is 0.123. The Hall–Kier alpha value is -2.45. The Bertz CT molecular complexity index is 1010. The number of rotatable bonds is 6. The van der Waals surface area contributed by atoms with Crippen molar-refractivity contribution < 1.29 is 22.7 Å². The third-order valence-electron chi connectivity index (χ3n) is 4.74. The first-order valence-corrected chi connectivity index (χ1v) is 11.1. The van der Waals surface area contributed by atoms with Gasteiger partial charge in [-0.05, 0) is 48.7 Å². The topological polar surface area (TPSA) is 84.9 Å². The van der Waals surface area contributed by atoms with Crippen molar-refractivity contribution in [3.05, 3.63) is 52.5 Å². The fourth-order valence-corrected chi connectivity index (χ4v) is 5.08. The zero-order valence-corrected chi connectivity index (χ0v) is 17.8. The average molecular weight is 439 g/mol. The van der Waals surface area contributed by atoms with Crippen LogP contribution in [0.25, 0.3) is 0 Å². The number of carbonyl (C=O) groups is 1. The van der Waals surface area contributed by atoms with Crippen molar-refractivity contribution in [2.24, 2.45) is 0 Å². The van der Waals surface area contributed by atoms with E-state index in [0.717, 1.165) is 12.0 Å². The molecule has 2 aromatic rings. The highest BCUT2D eigenvalue weighted by molar-refractivity contribution is 7.92. The Morgan fingerprint density at radius 2 is 1.86 bits per heavy atom. The van der Waals surface area contributed by atoms with Crippen LogP contribution >= 0.6 is 11.6 Å². The number of benzene rings is 2. The van der Waals surface area contributed by atoms with Crippen LogP contribution in [0.1, 0.15) is 28.8 Å². The van der Waals surface area contributed by atoms with Crippen molar-refractivity contribution in [3.63, 3.8) is 0 Å². The van der Waals surface area contributed by atoms with Crippen LogP contribution in [-0.2, 0) is 16.6 Å². The van der Waals surface area contributed by atoms with Crippen LogP contribution in [0.2, 0.25) is 5.02 Å². The van der Waals surface area contributed by atoms with Crippen molar-refractivity contribution in [1.29, 1.82) is 0 Å². The Kier molecular flexibility index (Phi) is 6.54. The van der Waals surface area contributed by atoms with Gasteiger partial charge in [-0.15, -0.1) is 0 Å². The van der Waals surface area contributed by atoms with Crippen LogP contribution in [-0.4, -0.2) is 40.8 Å². The van der Waals surface area contributed by atoms with Gasteiger partial charge in [0.25, 0.3) is 5.91 Å². The predicted octanol–water partition coefficient (Wildman–Crippen LogP) is 3.22. The number of halogens is 1. The third kappa shape index (κ3) is 4.76. The van der Waals surface area contributed by atoms with Crippen molar-refractivity contribution in [2.75, 3.05) is 30.8 Å². The molecular weight excluding hydrogens is 416 g/mol. The summed E-state index contributed by atoms with van der Waals surface area (Å²) in [5, 5.41) is 3.01. The fraction of sp³-hybridized carbons (Fsp3) is 0.350. The van der Waals surface area contributed by atoms with E-state index in [4.69, 9.17) is 21.1 Å². The number of amides is 1. The summed E-state index contributed by atoms with van der Waals surface area (Å²) in [5.74, 6) is 0.953. The molecule has 9 heteroatoms. The Morgan fingerprint density at radius 1 is 1.10 bits per heavy atom. The summed E-state index contributed by atoms with van der Waals surface area (Å²) in [4.78, 5) is 12.5. The van der Waals surface area contributed by atoms with Crippen molar-refractivity contribution in [2.45, 2.75) is 19.4 Å². The van der Waals surface area contributed by atoms with Gasteiger partial charge in [-0.2, -0.15) is 0 Å². The van der Waals surface area contributed by atoms with Gasteiger partial charge < -0.3 is 14.8 Å². The van der Waals surface area contributed by atoms with Crippen molar-refractivity contribution in [3.8, 4) is 11.5 Å². The zero-order valence-electron chi connectivity index (χ0n) is 16.3. The maximum Gasteiger partial charge on any atom is 0.253 e. The van der Waals surface area contributed by atoms with Gasteiger partial charge in [-0.3, -0.25) is 9.10 Å². The normalized spacial score (nSPS) is 15.6. The lowest BCUT2D eigenvalue weighted by atomic mass is 10.1. The second kappa shape index (κ2) is 8.92. The van der Waals surface area contributed by atoms with E-state index in [0.29, 0.717) is 30.2 Å². The van der Waals surface area contributed by atoms with E-state index in [1.54, 1.807) is 38.5 Å². The molecule has 29 heavy (non-hydrogen) atoms. The van der Waals surface area contributed by atoms with E-state index >= 15 is 0 Å². The molecule has 0 atom stereocenters. The largest absolute Gasteiger partial charge is 0.493 e. The molecule has 0 spiro atoms. The summed E-state index contributed by atoms with van der Waals surface area (Å²) < 4.78 is 36.3. The van der Waals surface area contributed by atoms with Gasteiger partial charge in [-0.1, -0.05) is 17.7 Å². The van der Waals surface area contributed by atoms with Crippen molar-refractivity contribution in [1.82, 2.24) is 5.32 Å². The van der Waals surface area contributed by atoms with E-state index in [2.05, 4.69) is 5.32 Å². The van der Waals surface area contributed by atoms with Gasteiger partial charge in [0.05, 0.1) is 36.2 Å². The number of methoxy groups -OCH3 is 2. The summed E-state index contributed by atoms with van der Waals surface area (Å²) >= 11 is 6.29.